The van der Waals surface area contributed by atoms with Gasteiger partial charge in [-0.25, -0.2) is 0 Å². The topological polar surface area (TPSA) is 96.0 Å². The molecular weight excluding hydrogens is 349 g/mol. The van der Waals surface area contributed by atoms with Gasteiger partial charge in [0.25, 0.3) is 5.91 Å². The highest BCUT2D eigenvalue weighted by Crippen LogP contribution is 2.22. The number of rotatable bonds is 5. The van der Waals surface area contributed by atoms with Gasteiger partial charge in [-0.2, -0.15) is 5.26 Å². The second-order valence-corrected chi connectivity index (χ2v) is 5.90. The van der Waals surface area contributed by atoms with Gasteiger partial charge in [-0.15, -0.1) is 0 Å². The Morgan fingerprint density at radius 3 is 2.38 bits per heavy atom. The van der Waals surface area contributed by atoms with Crippen molar-refractivity contribution in [3.63, 3.8) is 0 Å². The highest BCUT2D eigenvalue weighted by Gasteiger charge is 2.20. The van der Waals surface area contributed by atoms with Crippen LogP contribution in [-0.4, -0.2) is 17.9 Å². The van der Waals surface area contributed by atoms with Crippen LogP contribution in [0.5, 0.6) is 0 Å². The van der Waals surface area contributed by atoms with E-state index >= 15 is 0 Å². The first-order chi connectivity index (χ1) is 11.4. The van der Waals surface area contributed by atoms with Gasteiger partial charge in [0.05, 0.1) is 11.6 Å². The second-order valence-electron chi connectivity index (χ2n) is 5.06. The van der Waals surface area contributed by atoms with Crippen molar-refractivity contribution in [3.8, 4) is 6.07 Å². The molecule has 0 heterocycles. The van der Waals surface area contributed by atoms with Crippen molar-refractivity contribution in [2.24, 2.45) is 5.73 Å². The van der Waals surface area contributed by atoms with Gasteiger partial charge >= 0.3 is 0 Å². The van der Waals surface area contributed by atoms with Crippen LogP contribution in [0.2, 0.25) is 10.0 Å². The average Bonchev–Trinajstić information content (AvgIpc) is 2.56. The van der Waals surface area contributed by atoms with Crippen LogP contribution < -0.4 is 11.1 Å². The highest BCUT2D eigenvalue weighted by molar-refractivity contribution is 6.35. The first-order valence-corrected chi connectivity index (χ1v) is 7.70. The van der Waals surface area contributed by atoms with Crippen LogP contribution in [0, 0.1) is 11.3 Å². The highest BCUT2D eigenvalue weighted by atomic mass is 35.5. The lowest BCUT2D eigenvalue weighted by molar-refractivity contribution is -0.119. The molecule has 0 saturated heterocycles. The lowest BCUT2D eigenvalue weighted by Crippen LogP contribution is -2.45. The summed E-state index contributed by atoms with van der Waals surface area (Å²) in [7, 11) is 0. The summed E-state index contributed by atoms with van der Waals surface area (Å²) in [6.07, 6.45) is 0.146. The van der Waals surface area contributed by atoms with Crippen molar-refractivity contribution in [2.45, 2.75) is 12.5 Å². The molecular formula is C17H13Cl2N3O2. The normalized spacial score (nSPS) is 11.4. The zero-order chi connectivity index (χ0) is 17.7. The first-order valence-electron chi connectivity index (χ1n) is 6.95. The van der Waals surface area contributed by atoms with Gasteiger partial charge in [0, 0.05) is 22.0 Å². The molecule has 0 unspecified atom stereocenters. The predicted octanol–water partition coefficient (Wildman–Crippen LogP) is 2.69. The summed E-state index contributed by atoms with van der Waals surface area (Å²) in [5, 5.41) is 12.2. The minimum atomic E-state index is -0.924. The Labute approximate surface area is 149 Å². The largest absolute Gasteiger partial charge is 0.368 e. The molecule has 1 atom stereocenters. The van der Waals surface area contributed by atoms with Crippen LogP contribution >= 0.6 is 23.2 Å². The molecule has 0 radical (unpaired) electrons. The molecule has 3 N–H and O–H groups in total. The third-order valence-corrected chi connectivity index (χ3v) is 3.95. The van der Waals surface area contributed by atoms with E-state index in [9.17, 15) is 9.59 Å². The van der Waals surface area contributed by atoms with E-state index < -0.39 is 17.9 Å². The second kappa shape index (κ2) is 7.82. The SMILES string of the molecule is N#Cc1ccc(C(=O)N[C@@H](Cc2ccc(Cl)cc2Cl)C(N)=O)cc1. The van der Waals surface area contributed by atoms with E-state index in [1.54, 1.807) is 18.2 Å². The molecule has 24 heavy (non-hydrogen) atoms. The number of nitriles is 1. The molecule has 0 aliphatic heterocycles. The molecule has 7 heteroatoms. The number of halogens is 2. The summed E-state index contributed by atoms with van der Waals surface area (Å²) in [5.41, 5.74) is 6.77. The Bertz CT molecular complexity index is 814. The van der Waals surface area contributed by atoms with Gasteiger partial charge in [-0.1, -0.05) is 29.3 Å². The van der Waals surface area contributed by atoms with Crippen molar-refractivity contribution in [1.29, 1.82) is 5.26 Å². The van der Waals surface area contributed by atoms with Crippen molar-refractivity contribution in [2.75, 3.05) is 0 Å². The standard InChI is InChI=1S/C17H13Cl2N3O2/c18-13-6-5-12(14(19)8-13)7-15(16(21)23)22-17(24)11-3-1-10(9-20)2-4-11/h1-6,8,15H,7H2,(H2,21,23)(H,22,24)/t15-/m0/s1. The lowest BCUT2D eigenvalue weighted by Gasteiger charge is -2.16. The van der Waals surface area contributed by atoms with Gasteiger partial charge < -0.3 is 11.1 Å². The fraction of sp³-hybridized carbons (Fsp3) is 0.118. The van der Waals surface area contributed by atoms with Crippen molar-refractivity contribution >= 4 is 35.0 Å². The fourth-order valence-electron chi connectivity index (χ4n) is 2.07. The molecule has 2 aromatic carbocycles. The van der Waals surface area contributed by atoms with E-state index in [0.717, 1.165) is 0 Å². The van der Waals surface area contributed by atoms with Crippen LogP contribution in [0.4, 0.5) is 0 Å². The van der Waals surface area contributed by atoms with E-state index in [2.05, 4.69) is 5.32 Å². The Morgan fingerprint density at radius 2 is 1.83 bits per heavy atom. The van der Waals surface area contributed by atoms with Crippen LogP contribution in [0.3, 0.4) is 0 Å². The van der Waals surface area contributed by atoms with E-state index in [4.69, 9.17) is 34.2 Å². The van der Waals surface area contributed by atoms with Crippen molar-refractivity contribution in [3.05, 3.63) is 69.2 Å². The van der Waals surface area contributed by atoms with Gasteiger partial charge in [0.15, 0.2) is 0 Å². The molecule has 2 aromatic rings. The number of nitrogens with two attached hydrogens (primary N) is 1. The summed E-state index contributed by atoms with van der Waals surface area (Å²) in [6, 6.07) is 12.0. The third kappa shape index (κ3) is 4.48. The first kappa shape index (κ1) is 17.8. The lowest BCUT2D eigenvalue weighted by atomic mass is 10.0. The minimum absolute atomic E-state index is 0.146. The maximum Gasteiger partial charge on any atom is 0.251 e. The number of hydrogen-bond acceptors (Lipinski definition) is 3. The average molecular weight is 362 g/mol. The maximum atomic E-state index is 12.2. The number of nitrogens with one attached hydrogen (secondary N) is 1. The molecule has 0 saturated carbocycles. The zero-order valence-corrected chi connectivity index (χ0v) is 13.9. The fourth-order valence-corrected chi connectivity index (χ4v) is 2.55. The number of hydrogen-bond donors (Lipinski definition) is 2. The smallest absolute Gasteiger partial charge is 0.251 e. The molecule has 2 amide bonds. The van der Waals surface area contributed by atoms with E-state index in [0.29, 0.717) is 26.7 Å². The molecule has 0 fully saturated rings. The minimum Gasteiger partial charge on any atom is -0.368 e. The molecule has 0 bridgehead atoms. The quantitative estimate of drug-likeness (QED) is 0.856. The number of primary amides is 1. The monoisotopic (exact) mass is 361 g/mol. The summed E-state index contributed by atoms with van der Waals surface area (Å²) in [5.74, 6) is -1.14. The van der Waals surface area contributed by atoms with Crippen LogP contribution in [0.1, 0.15) is 21.5 Å². The van der Waals surface area contributed by atoms with Gasteiger partial charge in [0.1, 0.15) is 6.04 Å². The Morgan fingerprint density at radius 1 is 1.17 bits per heavy atom. The van der Waals surface area contributed by atoms with Gasteiger partial charge in [0.2, 0.25) is 5.91 Å². The summed E-state index contributed by atoms with van der Waals surface area (Å²) in [6.45, 7) is 0. The van der Waals surface area contributed by atoms with Crippen LogP contribution in [-0.2, 0) is 11.2 Å². The van der Waals surface area contributed by atoms with Crippen molar-refractivity contribution in [1.82, 2.24) is 5.32 Å². The summed E-state index contributed by atoms with van der Waals surface area (Å²) in [4.78, 5) is 23.9. The molecule has 5 nitrogen and oxygen atoms in total. The molecule has 0 aliphatic carbocycles. The number of amides is 2. The number of benzene rings is 2. The molecule has 122 valence electrons. The van der Waals surface area contributed by atoms with Gasteiger partial charge in [-0.3, -0.25) is 9.59 Å². The summed E-state index contributed by atoms with van der Waals surface area (Å²) < 4.78 is 0. The number of carbonyl (C=O) groups is 2. The molecule has 2 rings (SSSR count). The maximum absolute atomic E-state index is 12.2. The van der Waals surface area contributed by atoms with E-state index in [-0.39, 0.29) is 6.42 Å². The van der Waals surface area contributed by atoms with Crippen molar-refractivity contribution < 1.29 is 9.59 Å². The Balaban J connectivity index is 2.14. The van der Waals surface area contributed by atoms with E-state index in [1.807, 2.05) is 6.07 Å². The number of carbonyl (C=O) groups excluding carboxylic acids is 2. The summed E-state index contributed by atoms with van der Waals surface area (Å²) >= 11 is 11.9. The molecule has 0 spiro atoms. The third-order valence-electron chi connectivity index (χ3n) is 3.36. The zero-order valence-electron chi connectivity index (χ0n) is 12.4. The Hall–Kier alpha value is -2.55. The van der Waals surface area contributed by atoms with Crippen LogP contribution in [0.25, 0.3) is 0 Å². The van der Waals surface area contributed by atoms with Gasteiger partial charge in [-0.05, 0) is 42.0 Å². The van der Waals surface area contributed by atoms with E-state index in [1.165, 1.54) is 24.3 Å². The molecule has 0 aromatic heterocycles. The predicted molar refractivity (Wildman–Crippen MR) is 91.8 cm³/mol. The number of nitrogens with zero attached hydrogens (tertiary/aromatic N) is 1. The Kier molecular flexibility index (Phi) is 5.80. The van der Waals surface area contributed by atoms with Crippen LogP contribution in [0.15, 0.2) is 42.5 Å². The molecule has 0 aliphatic rings.